The predicted octanol–water partition coefficient (Wildman–Crippen LogP) is 2.38. The van der Waals surface area contributed by atoms with Gasteiger partial charge in [-0.3, -0.25) is 9.89 Å². The molecule has 0 saturated carbocycles. The van der Waals surface area contributed by atoms with E-state index in [4.69, 9.17) is 0 Å². The van der Waals surface area contributed by atoms with Crippen molar-refractivity contribution in [1.29, 1.82) is 0 Å². The molecule has 6 heteroatoms. The number of aromatic nitrogens is 2. The molecular weight excluding hydrogens is 326 g/mol. The summed E-state index contributed by atoms with van der Waals surface area (Å²) in [5.41, 5.74) is 2.68. The fourth-order valence-corrected chi connectivity index (χ4v) is 4.89. The fourth-order valence-electron chi connectivity index (χ4n) is 4.89. The Morgan fingerprint density at radius 3 is 2.65 bits per heavy atom. The first kappa shape index (κ1) is 16.1. The van der Waals surface area contributed by atoms with E-state index in [9.17, 15) is 4.79 Å². The van der Waals surface area contributed by atoms with Crippen LogP contribution in [0.2, 0.25) is 0 Å². The van der Waals surface area contributed by atoms with E-state index in [1.807, 2.05) is 0 Å². The molecule has 2 bridgehead atoms. The zero-order valence-corrected chi connectivity index (χ0v) is 15.2. The third-order valence-electron chi connectivity index (χ3n) is 6.46. The maximum Gasteiger partial charge on any atom is 0.272 e. The molecule has 0 spiro atoms. The minimum absolute atomic E-state index is 0.0363. The van der Waals surface area contributed by atoms with Crippen LogP contribution in [0, 0.1) is 5.92 Å². The summed E-state index contributed by atoms with van der Waals surface area (Å²) < 4.78 is 0. The second-order valence-corrected chi connectivity index (χ2v) is 8.07. The second-order valence-electron chi connectivity index (χ2n) is 8.07. The highest BCUT2D eigenvalue weighted by atomic mass is 16.2. The number of hydrogen-bond donors (Lipinski definition) is 2. The number of fused-ring (bicyclic) bond motifs is 4. The number of nitrogens with zero attached hydrogens (tertiary/aromatic N) is 3. The van der Waals surface area contributed by atoms with Gasteiger partial charge in [0.25, 0.3) is 5.91 Å². The number of H-pyrrole nitrogens is 1. The van der Waals surface area contributed by atoms with Crippen LogP contribution in [-0.4, -0.2) is 59.8 Å². The van der Waals surface area contributed by atoms with Gasteiger partial charge in [0.1, 0.15) is 0 Å². The van der Waals surface area contributed by atoms with Crippen LogP contribution in [0.25, 0.3) is 10.9 Å². The van der Waals surface area contributed by atoms with E-state index in [2.05, 4.69) is 43.5 Å². The third kappa shape index (κ3) is 2.86. The molecule has 1 atom stereocenters. The summed E-state index contributed by atoms with van der Waals surface area (Å²) in [5.74, 6) is 0.587. The molecule has 6 rings (SSSR count). The Morgan fingerprint density at radius 1 is 1.12 bits per heavy atom. The molecule has 0 radical (unpaired) electrons. The second kappa shape index (κ2) is 6.58. The Bertz CT molecular complexity index is 802. The normalized spacial score (nSPS) is 28.5. The average molecular weight is 353 g/mol. The van der Waals surface area contributed by atoms with Crippen molar-refractivity contribution in [3.8, 4) is 0 Å². The quantitative estimate of drug-likeness (QED) is 0.889. The monoisotopic (exact) mass is 353 g/mol. The zero-order chi connectivity index (χ0) is 17.5. The molecule has 1 amide bonds. The van der Waals surface area contributed by atoms with Crippen molar-refractivity contribution in [2.45, 2.75) is 38.1 Å². The van der Waals surface area contributed by atoms with Gasteiger partial charge in [-0.2, -0.15) is 5.10 Å². The molecule has 4 fully saturated rings. The number of carbonyl (C=O) groups is 1. The van der Waals surface area contributed by atoms with Crippen LogP contribution in [0.4, 0.5) is 5.69 Å². The van der Waals surface area contributed by atoms with Gasteiger partial charge in [0.15, 0.2) is 5.69 Å². The number of amides is 1. The van der Waals surface area contributed by atoms with Crippen molar-refractivity contribution in [3.05, 3.63) is 23.9 Å². The van der Waals surface area contributed by atoms with Gasteiger partial charge in [-0.1, -0.05) is 0 Å². The van der Waals surface area contributed by atoms with E-state index in [1.165, 1.54) is 50.9 Å². The lowest BCUT2D eigenvalue weighted by Crippen LogP contribution is -2.57. The molecule has 2 N–H and O–H groups in total. The third-order valence-corrected chi connectivity index (χ3v) is 6.46. The average Bonchev–Trinajstić information content (AvgIpc) is 3.13. The lowest BCUT2D eigenvalue weighted by Gasteiger charge is -2.44. The number of benzene rings is 1. The standard InChI is InChI=1S/C20H27N5O/c26-20(21-18-13-24-10-6-14(18)7-11-24)19-16-12-15(4-5-17(16)22-23-19)25-8-2-1-3-9-25/h4-5,12,14,18H,1-3,6-11,13H2,(H,21,26)(H,22,23)/t18-/m0/s1. The van der Waals surface area contributed by atoms with Crippen LogP contribution in [-0.2, 0) is 0 Å². The Hall–Kier alpha value is -2.08. The number of nitrogens with one attached hydrogen (secondary N) is 2. The number of piperidine rings is 4. The summed E-state index contributed by atoms with van der Waals surface area (Å²) in [5, 5.41) is 11.6. The molecule has 4 saturated heterocycles. The van der Waals surface area contributed by atoms with Crippen molar-refractivity contribution >= 4 is 22.5 Å². The van der Waals surface area contributed by atoms with Crippen molar-refractivity contribution in [1.82, 2.24) is 20.4 Å². The van der Waals surface area contributed by atoms with Crippen LogP contribution < -0.4 is 10.2 Å². The highest BCUT2D eigenvalue weighted by Crippen LogP contribution is 2.29. The summed E-state index contributed by atoms with van der Waals surface area (Å²) >= 11 is 0. The highest BCUT2D eigenvalue weighted by Gasteiger charge is 2.35. The molecule has 0 unspecified atom stereocenters. The largest absolute Gasteiger partial charge is 0.372 e. The van der Waals surface area contributed by atoms with Gasteiger partial charge in [0.2, 0.25) is 0 Å². The number of rotatable bonds is 3. The van der Waals surface area contributed by atoms with Crippen LogP contribution in [0.15, 0.2) is 18.2 Å². The van der Waals surface area contributed by atoms with Crippen molar-refractivity contribution in [2.75, 3.05) is 37.6 Å². The Labute approximate surface area is 153 Å². The van der Waals surface area contributed by atoms with E-state index in [1.54, 1.807) is 0 Å². The Kier molecular flexibility index (Phi) is 4.08. The van der Waals surface area contributed by atoms with E-state index < -0.39 is 0 Å². The van der Waals surface area contributed by atoms with E-state index in [0.29, 0.717) is 11.6 Å². The maximum absolute atomic E-state index is 12.9. The summed E-state index contributed by atoms with van der Waals surface area (Å²) in [4.78, 5) is 17.8. The molecule has 1 aromatic heterocycles. The number of carbonyl (C=O) groups excluding carboxylic acids is 1. The Morgan fingerprint density at radius 2 is 1.92 bits per heavy atom. The zero-order valence-electron chi connectivity index (χ0n) is 15.2. The predicted molar refractivity (Wildman–Crippen MR) is 103 cm³/mol. The first-order valence-corrected chi connectivity index (χ1v) is 10.0. The highest BCUT2D eigenvalue weighted by molar-refractivity contribution is 6.05. The summed E-state index contributed by atoms with van der Waals surface area (Å²) in [6, 6.07) is 6.59. The maximum atomic E-state index is 12.9. The van der Waals surface area contributed by atoms with Crippen LogP contribution >= 0.6 is 0 Å². The van der Waals surface area contributed by atoms with Crippen LogP contribution in [0.3, 0.4) is 0 Å². The molecule has 6 nitrogen and oxygen atoms in total. The van der Waals surface area contributed by atoms with Gasteiger partial charge in [0.05, 0.1) is 5.52 Å². The van der Waals surface area contributed by atoms with E-state index in [0.717, 1.165) is 30.5 Å². The molecule has 5 heterocycles. The summed E-state index contributed by atoms with van der Waals surface area (Å²) in [6.07, 6.45) is 6.21. The minimum Gasteiger partial charge on any atom is -0.372 e. The number of anilines is 1. The van der Waals surface area contributed by atoms with Crippen LogP contribution in [0.5, 0.6) is 0 Å². The van der Waals surface area contributed by atoms with Gasteiger partial charge < -0.3 is 15.1 Å². The lowest BCUT2D eigenvalue weighted by molar-refractivity contribution is 0.0618. The molecule has 4 aliphatic rings. The van der Waals surface area contributed by atoms with E-state index >= 15 is 0 Å². The van der Waals surface area contributed by atoms with Gasteiger partial charge in [0, 0.05) is 36.7 Å². The van der Waals surface area contributed by atoms with E-state index in [-0.39, 0.29) is 11.9 Å². The molecule has 26 heavy (non-hydrogen) atoms. The molecular formula is C20H27N5O. The molecule has 138 valence electrons. The molecule has 2 aromatic rings. The summed E-state index contributed by atoms with van der Waals surface area (Å²) in [6.45, 7) is 5.55. The molecule has 4 aliphatic heterocycles. The first-order valence-electron chi connectivity index (χ1n) is 10.0. The smallest absolute Gasteiger partial charge is 0.272 e. The minimum atomic E-state index is -0.0363. The topological polar surface area (TPSA) is 64.3 Å². The fraction of sp³-hybridized carbons (Fsp3) is 0.600. The molecule has 0 aliphatic carbocycles. The van der Waals surface area contributed by atoms with Gasteiger partial charge in [-0.05, 0) is 69.3 Å². The lowest BCUT2D eigenvalue weighted by atomic mass is 9.84. The van der Waals surface area contributed by atoms with Crippen molar-refractivity contribution in [2.24, 2.45) is 5.92 Å². The SMILES string of the molecule is O=C(N[C@H]1CN2CCC1CC2)c1n[nH]c2ccc(N3CCCCC3)cc12. The molecule has 1 aromatic carbocycles. The summed E-state index contributed by atoms with van der Waals surface area (Å²) in [7, 11) is 0. The van der Waals surface area contributed by atoms with Gasteiger partial charge in [-0.25, -0.2) is 0 Å². The number of hydrogen-bond acceptors (Lipinski definition) is 4. The first-order chi connectivity index (χ1) is 12.8. The van der Waals surface area contributed by atoms with Gasteiger partial charge >= 0.3 is 0 Å². The number of aromatic amines is 1. The van der Waals surface area contributed by atoms with Gasteiger partial charge in [-0.15, -0.1) is 0 Å². The van der Waals surface area contributed by atoms with Crippen molar-refractivity contribution in [3.63, 3.8) is 0 Å². The van der Waals surface area contributed by atoms with Crippen molar-refractivity contribution < 1.29 is 4.79 Å². The van der Waals surface area contributed by atoms with Crippen LogP contribution in [0.1, 0.15) is 42.6 Å². The Balaban J connectivity index is 1.38.